The topological polar surface area (TPSA) is 108 Å². The lowest BCUT2D eigenvalue weighted by Gasteiger charge is -2.19. The van der Waals surface area contributed by atoms with E-state index >= 15 is 0 Å². The monoisotopic (exact) mass is 509 g/mol. The quantitative estimate of drug-likeness (QED) is 0.346. The first-order chi connectivity index (χ1) is 17.9. The van der Waals surface area contributed by atoms with Gasteiger partial charge in [0.15, 0.2) is 5.82 Å². The van der Waals surface area contributed by atoms with Gasteiger partial charge in [0.05, 0.1) is 24.9 Å². The molecule has 3 aromatic rings. The van der Waals surface area contributed by atoms with Gasteiger partial charge in [-0.25, -0.2) is 19.2 Å². The number of pyridine rings is 1. The van der Waals surface area contributed by atoms with E-state index in [1.54, 1.807) is 23.8 Å². The lowest BCUT2D eigenvalue weighted by Crippen LogP contribution is -2.32. The van der Waals surface area contributed by atoms with E-state index < -0.39 is 12.2 Å². The molecular weight excluding hydrogens is 481 g/mol. The van der Waals surface area contributed by atoms with Gasteiger partial charge in [-0.1, -0.05) is 6.58 Å². The highest BCUT2D eigenvalue weighted by molar-refractivity contribution is 5.88. The molecule has 1 N–H and O–H groups in total. The van der Waals surface area contributed by atoms with Crippen LogP contribution < -0.4 is 20.5 Å². The molecule has 0 unspecified atom stereocenters. The van der Waals surface area contributed by atoms with Crippen molar-refractivity contribution in [3.63, 3.8) is 0 Å². The number of amides is 1. The normalized spacial score (nSPS) is 17.1. The number of ether oxygens (including phenoxy) is 3. The average molecular weight is 510 g/mol. The van der Waals surface area contributed by atoms with Crippen molar-refractivity contribution in [3.8, 4) is 5.88 Å². The summed E-state index contributed by atoms with van der Waals surface area (Å²) in [5, 5.41) is 4.03. The van der Waals surface area contributed by atoms with Gasteiger partial charge in [0.1, 0.15) is 24.2 Å². The molecule has 2 aromatic heterocycles. The molecule has 1 saturated heterocycles. The van der Waals surface area contributed by atoms with Crippen LogP contribution in [0.4, 0.5) is 15.0 Å². The van der Waals surface area contributed by atoms with Crippen molar-refractivity contribution in [2.24, 2.45) is 0 Å². The second-order valence-electron chi connectivity index (χ2n) is 9.05. The molecule has 0 bridgehead atoms. The van der Waals surface area contributed by atoms with E-state index in [4.69, 9.17) is 14.2 Å². The third kappa shape index (κ3) is 5.18. The number of carbonyl (C=O) groups excluding carboxylic acids is 1. The smallest absolute Gasteiger partial charge is 0.416 e. The van der Waals surface area contributed by atoms with E-state index in [-0.39, 0.29) is 11.4 Å². The molecule has 11 heteroatoms. The summed E-state index contributed by atoms with van der Waals surface area (Å²) in [7, 11) is 1.56. The Morgan fingerprint density at radius 2 is 2.11 bits per heavy atom. The molecule has 1 amide bonds. The van der Waals surface area contributed by atoms with Gasteiger partial charge in [0.2, 0.25) is 5.88 Å². The summed E-state index contributed by atoms with van der Waals surface area (Å²) in [4.78, 5) is 35.2. The number of benzene rings is 1. The van der Waals surface area contributed by atoms with Gasteiger partial charge in [-0.3, -0.25) is 9.69 Å². The van der Waals surface area contributed by atoms with Crippen LogP contribution in [0, 0.1) is 5.82 Å². The summed E-state index contributed by atoms with van der Waals surface area (Å²) >= 11 is 0. The van der Waals surface area contributed by atoms with Crippen LogP contribution in [-0.4, -0.2) is 66.7 Å². The van der Waals surface area contributed by atoms with Crippen LogP contribution in [0.3, 0.4) is 0 Å². The van der Waals surface area contributed by atoms with E-state index in [9.17, 15) is 14.0 Å². The summed E-state index contributed by atoms with van der Waals surface area (Å²) in [5.74, 6) is 0.480. The van der Waals surface area contributed by atoms with E-state index in [0.717, 1.165) is 11.0 Å². The molecule has 37 heavy (non-hydrogen) atoms. The fourth-order valence-electron chi connectivity index (χ4n) is 4.61. The highest BCUT2D eigenvalue weighted by atomic mass is 19.1. The maximum Gasteiger partial charge on any atom is 0.416 e. The molecule has 5 rings (SSSR count). The van der Waals surface area contributed by atoms with E-state index in [0.29, 0.717) is 80.7 Å². The Bertz CT molecular complexity index is 1410. The predicted octanol–water partition coefficient (Wildman–Crippen LogP) is 2.23. The minimum Gasteiger partial charge on any atom is -0.472 e. The van der Waals surface area contributed by atoms with E-state index in [1.807, 2.05) is 0 Å². The number of rotatable bonds is 9. The Kier molecular flexibility index (Phi) is 7.15. The SMILES string of the molecule is C=C1COc2ncc(N3C[C@H](CNCCc4c(F)ccc5ccc(=O)n(CCOC)c45)OC3=O)nc2C1. The molecule has 0 radical (unpaired) electrons. The summed E-state index contributed by atoms with van der Waals surface area (Å²) in [6.45, 7) is 6.11. The number of nitrogens with zero attached hydrogens (tertiary/aromatic N) is 4. The van der Waals surface area contributed by atoms with Crippen LogP contribution >= 0.6 is 0 Å². The summed E-state index contributed by atoms with van der Waals surface area (Å²) in [5.41, 5.74) is 2.36. The van der Waals surface area contributed by atoms with Crippen LogP contribution in [0.1, 0.15) is 11.3 Å². The van der Waals surface area contributed by atoms with Crippen molar-refractivity contribution < 1.29 is 23.4 Å². The number of aromatic nitrogens is 3. The van der Waals surface area contributed by atoms with Crippen molar-refractivity contribution in [1.29, 1.82) is 0 Å². The van der Waals surface area contributed by atoms with Gasteiger partial charge in [-0.2, -0.15) is 0 Å². The van der Waals surface area contributed by atoms with Crippen molar-refractivity contribution in [2.45, 2.75) is 25.5 Å². The molecule has 1 aromatic carbocycles. The van der Waals surface area contributed by atoms with Gasteiger partial charge in [0.25, 0.3) is 5.56 Å². The number of anilines is 1. The highest BCUT2D eigenvalue weighted by Gasteiger charge is 2.34. The van der Waals surface area contributed by atoms with Gasteiger partial charge in [-0.05, 0) is 42.1 Å². The van der Waals surface area contributed by atoms with Gasteiger partial charge in [0, 0.05) is 38.2 Å². The number of fused-ring (bicyclic) bond motifs is 2. The molecule has 0 aliphatic carbocycles. The Morgan fingerprint density at radius 1 is 1.27 bits per heavy atom. The standard InChI is InChI=1S/C26H28FN5O5/c1-16-11-21-25(36-15-16)29-13-22(30-21)32-14-18(37-26(32)34)12-28-8-7-19-20(27)5-3-17-4-6-23(33)31(24(17)19)9-10-35-2/h3-6,13,18,28H,1,7-12,14-15H2,2H3/t18-/m0/s1. The largest absolute Gasteiger partial charge is 0.472 e. The molecule has 1 atom stereocenters. The van der Waals surface area contributed by atoms with Gasteiger partial charge in [-0.15, -0.1) is 0 Å². The molecule has 10 nitrogen and oxygen atoms in total. The zero-order valence-electron chi connectivity index (χ0n) is 20.5. The maximum atomic E-state index is 14.8. The minimum absolute atomic E-state index is 0.205. The number of methoxy groups -OCH3 is 1. The predicted molar refractivity (Wildman–Crippen MR) is 135 cm³/mol. The zero-order valence-corrected chi connectivity index (χ0v) is 20.5. The average Bonchev–Trinajstić information content (AvgIpc) is 3.26. The van der Waals surface area contributed by atoms with Crippen LogP contribution in [0.25, 0.3) is 10.9 Å². The molecule has 194 valence electrons. The number of cyclic esters (lactones) is 1. The second kappa shape index (κ2) is 10.7. The fourth-order valence-corrected chi connectivity index (χ4v) is 4.61. The molecule has 2 aliphatic rings. The number of carbonyl (C=O) groups is 1. The maximum absolute atomic E-state index is 14.8. The van der Waals surface area contributed by atoms with Crippen LogP contribution in [-0.2, 0) is 28.9 Å². The van der Waals surface area contributed by atoms with Crippen LogP contribution in [0.15, 0.2) is 47.4 Å². The lowest BCUT2D eigenvalue weighted by molar-refractivity contribution is 0.140. The third-order valence-electron chi connectivity index (χ3n) is 6.42. The van der Waals surface area contributed by atoms with Crippen molar-refractivity contribution in [2.75, 3.05) is 44.9 Å². The van der Waals surface area contributed by atoms with Crippen molar-refractivity contribution >= 4 is 22.8 Å². The Morgan fingerprint density at radius 3 is 2.95 bits per heavy atom. The Labute approximate surface area is 212 Å². The first-order valence-electron chi connectivity index (χ1n) is 12.1. The number of nitrogens with one attached hydrogen (secondary N) is 1. The summed E-state index contributed by atoms with van der Waals surface area (Å²) in [6.07, 6.45) is 1.49. The van der Waals surface area contributed by atoms with Gasteiger partial charge < -0.3 is 24.1 Å². The molecule has 1 fully saturated rings. The fraction of sp³-hybridized carbons (Fsp3) is 0.385. The second-order valence-corrected chi connectivity index (χ2v) is 9.05. The minimum atomic E-state index is -0.501. The highest BCUT2D eigenvalue weighted by Crippen LogP contribution is 2.27. The lowest BCUT2D eigenvalue weighted by atomic mass is 10.1. The Balaban J connectivity index is 1.22. The first kappa shape index (κ1) is 24.8. The van der Waals surface area contributed by atoms with Crippen molar-refractivity contribution in [3.05, 3.63) is 70.0 Å². The van der Waals surface area contributed by atoms with Crippen molar-refractivity contribution in [1.82, 2.24) is 19.9 Å². The summed E-state index contributed by atoms with van der Waals surface area (Å²) < 4.78 is 32.5. The number of hydrogen-bond donors (Lipinski definition) is 1. The molecular formula is C26H28FN5O5. The van der Waals surface area contributed by atoms with E-state index in [1.165, 1.54) is 23.2 Å². The number of hydrogen-bond acceptors (Lipinski definition) is 8. The van der Waals surface area contributed by atoms with Crippen LogP contribution in [0.5, 0.6) is 5.88 Å². The molecule has 0 spiro atoms. The number of halogens is 1. The van der Waals surface area contributed by atoms with Crippen LogP contribution in [0.2, 0.25) is 0 Å². The summed E-state index contributed by atoms with van der Waals surface area (Å²) in [6, 6.07) is 6.27. The van der Waals surface area contributed by atoms with Gasteiger partial charge >= 0.3 is 6.09 Å². The molecule has 0 saturated carbocycles. The Hall–Kier alpha value is -3.83. The molecule has 2 aliphatic heterocycles. The zero-order chi connectivity index (χ0) is 25.9. The third-order valence-corrected chi connectivity index (χ3v) is 6.42. The van der Waals surface area contributed by atoms with E-state index in [2.05, 4.69) is 21.9 Å². The first-order valence-corrected chi connectivity index (χ1v) is 12.1. The molecule has 4 heterocycles.